The van der Waals surface area contributed by atoms with Gasteiger partial charge in [0.05, 0.1) is 16.7 Å². The molecule has 2 heteroatoms. The van der Waals surface area contributed by atoms with E-state index < -0.39 is 0 Å². The van der Waals surface area contributed by atoms with Crippen LogP contribution in [0.25, 0.3) is 82.4 Å². The number of rotatable bonds is 7. The minimum atomic E-state index is 1.10. The van der Waals surface area contributed by atoms with Gasteiger partial charge < -0.3 is 9.47 Å². The molecule has 0 radical (unpaired) electrons. The van der Waals surface area contributed by atoms with E-state index in [2.05, 4.69) is 240 Å². The molecule has 272 valence electrons. The van der Waals surface area contributed by atoms with Crippen LogP contribution < -0.4 is 4.90 Å². The highest BCUT2D eigenvalue weighted by Crippen LogP contribution is 2.43. The van der Waals surface area contributed by atoms with Crippen molar-refractivity contribution in [2.24, 2.45) is 0 Å². The van der Waals surface area contributed by atoms with Crippen molar-refractivity contribution in [1.82, 2.24) is 4.57 Å². The zero-order valence-corrected chi connectivity index (χ0v) is 31.8. The predicted octanol–water partition coefficient (Wildman–Crippen LogP) is 15.6. The van der Waals surface area contributed by atoms with Crippen LogP contribution >= 0.6 is 0 Å². The Bertz CT molecular complexity index is 3230. The lowest BCUT2D eigenvalue weighted by Crippen LogP contribution is -2.10. The first-order chi connectivity index (χ1) is 28.8. The Hall–Kier alpha value is -7.68. The number of aromatic nitrogens is 1. The van der Waals surface area contributed by atoms with Gasteiger partial charge in [-0.1, -0.05) is 176 Å². The molecule has 0 aliphatic rings. The van der Waals surface area contributed by atoms with Gasteiger partial charge in [0.15, 0.2) is 0 Å². The molecule has 1 aromatic heterocycles. The highest BCUT2D eigenvalue weighted by atomic mass is 15.1. The van der Waals surface area contributed by atoms with Crippen molar-refractivity contribution in [2.45, 2.75) is 0 Å². The second-order valence-corrected chi connectivity index (χ2v) is 14.9. The van der Waals surface area contributed by atoms with Crippen molar-refractivity contribution in [2.75, 3.05) is 4.90 Å². The molecule has 58 heavy (non-hydrogen) atoms. The third-order valence-corrected chi connectivity index (χ3v) is 11.6. The first-order valence-corrected chi connectivity index (χ1v) is 19.9. The first kappa shape index (κ1) is 33.6. The largest absolute Gasteiger partial charge is 0.310 e. The summed E-state index contributed by atoms with van der Waals surface area (Å²) >= 11 is 0. The van der Waals surface area contributed by atoms with Gasteiger partial charge in [0.25, 0.3) is 0 Å². The number of hydrogen-bond donors (Lipinski definition) is 0. The lowest BCUT2D eigenvalue weighted by molar-refractivity contribution is 1.18. The van der Waals surface area contributed by atoms with Crippen molar-refractivity contribution in [3.63, 3.8) is 0 Å². The number of anilines is 3. The maximum atomic E-state index is 2.40. The van der Waals surface area contributed by atoms with Crippen molar-refractivity contribution < 1.29 is 0 Å². The van der Waals surface area contributed by atoms with E-state index in [-0.39, 0.29) is 0 Å². The molecule has 0 saturated carbocycles. The van der Waals surface area contributed by atoms with Crippen LogP contribution in [0.5, 0.6) is 0 Å². The zero-order chi connectivity index (χ0) is 38.4. The molecule has 10 aromatic carbocycles. The van der Waals surface area contributed by atoms with Crippen molar-refractivity contribution in [1.29, 1.82) is 0 Å². The summed E-state index contributed by atoms with van der Waals surface area (Å²) in [5.74, 6) is 0. The van der Waals surface area contributed by atoms with Gasteiger partial charge in [-0.05, 0) is 104 Å². The molecule has 11 aromatic rings. The van der Waals surface area contributed by atoms with Crippen LogP contribution in [0, 0.1) is 0 Å². The summed E-state index contributed by atoms with van der Waals surface area (Å²) in [6.45, 7) is 0. The van der Waals surface area contributed by atoms with Gasteiger partial charge in [-0.2, -0.15) is 0 Å². The van der Waals surface area contributed by atoms with Crippen molar-refractivity contribution in [3.05, 3.63) is 231 Å². The summed E-state index contributed by atoms with van der Waals surface area (Å²) in [6.07, 6.45) is 0. The number of hydrogen-bond acceptors (Lipinski definition) is 1. The maximum absolute atomic E-state index is 2.40. The quantitative estimate of drug-likeness (QED) is 0.158. The zero-order valence-electron chi connectivity index (χ0n) is 31.8. The summed E-state index contributed by atoms with van der Waals surface area (Å²) in [7, 11) is 0. The minimum Gasteiger partial charge on any atom is -0.310 e. The van der Waals surface area contributed by atoms with Crippen molar-refractivity contribution in [3.8, 4) is 39.1 Å². The normalized spacial score (nSPS) is 11.4. The van der Waals surface area contributed by atoms with Crippen LogP contribution in [0.3, 0.4) is 0 Å². The maximum Gasteiger partial charge on any atom is 0.0547 e. The summed E-state index contributed by atoms with van der Waals surface area (Å²) in [6, 6.07) is 83.5. The number of para-hydroxylation sites is 1. The second kappa shape index (κ2) is 14.1. The molecule has 0 fully saturated rings. The predicted molar refractivity (Wildman–Crippen MR) is 247 cm³/mol. The van der Waals surface area contributed by atoms with E-state index in [1.54, 1.807) is 0 Å². The number of nitrogens with zero attached hydrogens (tertiary/aromatic N) is 2. The van der Waals surface area contributed by atoms with Gasteiger partial charge in [-0.15, -0.1) is 0 Å². The van der Waals surface area contributed by atoms with E-state index >= 15 is 0 Å². The fourth-order valence-corrected chi connectivity index (χ4v) is 8.83. The molecule has 0 amide bonds. The third kappa shape index (κ3) is 5.74. The Kier molecular flexibility index (Phi) is 8.19. The Morgan fingerprint density at radius 1 is 0.293 bits per heavy atom. The molecule has 0 atom stereocenters. The Balaban J connectivity index is 0.989. The van der Waals surface area contributed by atoms with Gasteiger partial charge in [0.1, 0.15) is 0 Å². The summed E-state index contributed by atoms with van der Waals surface area (Å²) in [5.41, 5.74) is 14.1. The fourth-order valence-electron chi connectivity index (χ4n) is 8.83. The number of benzene rings is 10. The Labute approximate surface area is 338 Å². The molecule has 0 aliphatic heterocycles. The van der Waals surface area contributed by atoms with E-state index in [9.17, 15) is 0 Å². The lowest BCUT2D eigenvalue weighted by Gasteiger charge is -2.28. The molecule has 0 saturated heterocycles. The van der Waals surface area contributed by atoms with Gasteiger partial charge in [0, 0.05) is 33.2 Å². The monoisotopic (exact) mass is 738 g/mol. The highest BCUT2D eigenvalue weighted by molar-refractivity contribution is 6.21. The topological polar surface area (TPSA) is 8.17 Å². The third-order valence-electron chi connectivity index (χ3n) is 11.6. The smallest absolute Gasteiger partial charge is 0.0547 e. The Morgan fingerprint density at radius 2 is 0.793 bits per heavy atom. The fraction of sp³-hybridized carbons (Fsp3) is 0. The van der Waals surface area contributed by atoms with E-state index in [1.807, 2.05) is 0 Å². The second-order valence-electron chi connectivity index (χ2n) is 14.9. The average Bonchev–Trinajstić information content (AvgIpc) is 3.65. The van der Waals surface area contributed by atoms with Crippen molar-refractivity contribution >= 4 is 60.4 Å². The first-order valence-electron chi connectivity index (χ1n) is 19.9. The lowest BCUT2D eigenvalue weighted by atomic mass is 9.96. The van der Waals surface area contributed by atoms with E-state index in [0.717, 1.165) is 22.7 Å². The number of fused-ring (bicyclic) bond motifs is 6. The van der Waals surface area contributed by atoms with Crippen LogP contribution in [0.1, 0.15) is 0 Å². The molecule has 0 N–H and O–H groups in total. The van der Waals surface area contributed by atoms with E-state index in [0.29, 0.717) is 0 Å². The van der Waals surface area contributed by atoms with Crippen LogP contribution in [0.15, 0.2) is 231 Å². The standard InChI is InChI=1S/C56H38N2/c1-3-13-39(14-4-1)40-23-30-45(31-24-40)57(54-38-36-48(43-15-5-2-6-16-43)50-19-9-10-20-51(50)54)46-32-25-41(26-33-46)42-27-34-47(35-28-42)58-53-22-12-11-21-52(53)56-49-18-8-7-17-44(49)29-37-55(56)58/h1-38H. The van der Waals surface area contributed by atoms with E-state index in [1.165, 1.54) is 76.7 Å². The summed E-state index contributed by atoms with van der Waals surface area (Å²) in [5, 5.41) is 7.55. The van der Waals surface area contributed by atoms with Gasteiger partial charge in [-0.25, -0.2) is 0 Å². The molecular weight excluding hydrogens is 701 g/mol. The Morgan fingerprint density at radius 3 is 1.45 bits per heavy atom. The molecule has 0 unspecified atom stereocenters. The van der Waals surface area contributed by atoms with Crippen LogP contribution in [-0.4, -0.2) is 4.57 Å². The molecule has 11 rings (SSSR count). The van der Waals surface area contributed by atoms with Gasteiger partial charge in [0.2, 0.25) is 0 Å². The molecule has 2 nitrogen and oxygen atoms in total. The highest BCUT2D eigenvalue weighted by Gasteiger charge is 2.19. The van der Waals surface area contributed by atoms with Crippen LogP contribution in [0.2, 0.25) is 0 Å². The molecule has 1 heterocycles. The SMILES string of the molecule is c1ccc(-c2ccc(N(c3ccc(-c4ccc(-n5c6ccccc6c6c7ccccc7ccc65)cc4)cc3)c3ccc(-c4ccccc4)c4ccccc34)cc2)cc1. The molecular formula is C56H38N2. The molecule has 0 aliphatic carbocycles. The average molecular weight is 739 g/mol. The van der Waals surface area contributed by atoms with E-state index in [4.69, 9.17) is 0 Å². The molecule has 0 spiro atoms. The van der Waals surface area contributed by atoms with Gasteiger partial charge >= 0.3 is 0 Å². The molecule has 0 bridgehead atoms. The van der Waals surface area contributed by atoms with Crippen LogP contribution in [-0.2, 0) is 0 Å². The van der Waals surface area contributed by atoms with Crippen LogP contribution in [0.4, 0.5) is 17.1 Å². The summed E-state index contributed by atoms with van der Waals surface area (Å²) < 4.78 is 2.40. The van der Waals surface area contributed by atoms with Gasteiger partial charge in [-0.3, -0.25) is 0 Å². The summed E-state index contributed by atoms with van der Waals surface area (Å²) in [4.78, 5) is 2.39. The minimum absolute atomic E-state index is 1.10.